The van der Waals surface area contributed by atoms with Crippen LogP contribution in [0.3, 0.4) is 0 Å². The maximum Gasteiger partial charge on any atom is 0.300 e. The Morgan fingerprint density at radius 2 is 1.79 bits per heavy atom. The molecule has 2 aromatic carbocycles. The number of furan rings is 1. The number of ether oxygens (including phenoxy) is 1. The van der Waals surface area contributed by atoms with Gasteiger partial charge >= 0.3 is 0 Å². The lowest BCUT2D eigenvalue weighted by atomic mass is 9.85. The molecule has 6 nitrogen and oxygen atoms in total. The molecule has 1 aromatic heterocycles. The van der Waals surface area contributed by atoms with E-state index in [1.54, 1.807) is 24.3 Å². The second kappa shape index (κ2) is 8.24. The average Bonchev–Trinajstić information content (AvgIpc) is 3.40. The number of carbonyl (C=O) groups is 2. The van der Waals surface area contributed by atoms with Crippen molar-refractivity contribution in [2.24, 2.45) is 0 Å². The number of rotatable bonds is 4. The van der Waals surface area contributed by atoms with Crippen molar-refractivity contribution in [1.29, 1.82) is 0 Å². The number of hydrogen-bond donors (Lipinski definition) is 1. The smallest absolute Gasteiger partial charge is 0.300 e. The number of benzene rings is 2. The molecule has 1 unspecified atom stereocenters. The zero-order chi connectivity index (χ0) is 23.9. The summed E-state index contributed by atoms with van der Waals surface area (Å²) in [6, 6.07) is 12.8. The second-order valence-corrected chi connectivity index (χ2v) is 8.83. The van der Waals surface area contributed by atoms with E-state index >= 15 is 0 Å². The van der Waals surface area contributed by atoms with Crippen LogP contribution in [0.2, 0.25) is 0 Å². The van der Waals surface area contributed by atoms with Crippen LogP contribution in [0, 0.1) is 5.82 Å². The molecule has 1 aliphatic heterocycles. The van der Waals surface area contributed by atoms with Crippen LogP contribution in [-0.4, -0.2) is 23.9 Å². The molecule has 0 saturated carbocycles. The van der Waals surface area contributed by atoms with E-state index in [2.05, 4.69) is 0 Å². The summed E-state index contributed by atoms with van der Waals surface area (Å²) >= 11 is 0. The van der Waals surface area contributed by atoms with Crippen LogP contribution in [-0.2, 0) is 15.0 Å². The summed E-state index contributed by atoms with van der Waals surface area (Å²) in [5.41, 5.74) is 1.13. The number of halogens is 1. The zero-order valence-corrected chi connectivity index (χ0v) is 18.8. The van der Waals surface area contributed by atoms with Gasteiger partial charge in [0.1, 0.15) is 29.1 Å². The number of carbonyl (C=O) groups excluding carboxylic acids is 2. The van der Waals surface area contributed by atoms with E-state index in [0.29, 0.717) is 17.0 Å². The summed E-state index contributed by atoms with van der Waals surface area (Å²) in [4.78, 5) is 27.5. The first-order chi connectivity index (χ1) is 15.6. The van der Waals surface area contributed by atoms with E-state index in [1.165, 1.54) is 42.5 Å². The van der Waals surface area contributed by atoms with E-state index in [4.69, 9.17) is 9.15 Å². The number of amides is 1. The first-order valence-corrected chi connectivity index (χ1v) is 10.4. The Morgan fingerprint density at radius 3 is 2.36 bits per heavy atom. The molecule has 0 radical (unpaired) electrons. The van der Waals surface area contributed by atoms with Gasteiger partial charge in [-0.2, -0.15) is 0 Å². The van der Waals surface area contributed by atoms with Crippen LogP contribution in [0.5, 0.6) is 5.75 Å². The van der Waals surface area contributed by atoms with Crippen molar-refractivity contribution in [2.45, 2.75) is 32.2 Å². The third-order valence-corrected chi connectivity index (χ3v) is 5.68. The van der Waals surface area contributed by atoms with Crippen LogP contribution in [0.25, 0.3) is 5.76 Å². The number of nitrogens with zero attached hydrogens (tertiary/aromatic N) is 1. The number of Topliss-reactive ketones (excluding diaryl/α,β-unsaturated/α-hetero) is 1. The quantitative estimate of drug-likeness (QED) is 0.330. The van der Waals surface area contributed by atoms with Crippen molar-refractivity contribution in [2.75, 3.05) is 12.0 Å². The van der Waals surface area contributed by atoms with Crippen molar-refractivity contribution in [3.8, 4) is 5.75 Å². The van der Waals surface area contributed by atoms with Crippen LogP contribution in [0.4, 0.5) is 10.1 Å². The fourth-order valence-electron chi connectivity index (χ4n) is 3.92. The highest BCUT2D eigenvalue weighted by molar-refractivity contribution is 6.51. The average molecular weight is 449 g/mol. The number of methoxy groups -OCH3 is 1. The highest BCUT2D eigenvalue weighted by atomic mass is 19.1. The summed E-state index contributed by atoms with van der Waals surface area (Å²) in [5.74, 6) is -1.94. The van der Waals surface area contributed by atoms with Crippen LogP contribution in [0.15, 0.2) is 70.9 Å². The number of anilines is 1. The first kappa shape index (κ1) is 22.3. The molecular weight excluding hydrogens is 425 g/mol. The fraction of sp³-hybridized carbons (Fsp3) is 0.231. The van der Waals surface area contributed by atoms with E-state index in [-0.39, 0.29) is 22.5 Å². The predicted octanol–water partition coefficient (Wildman–Crippen LogP) is 5.35. The monoisotopic (exact) mass is 449 g/mol. The van der Waals surface area contributed by atoms with Crippen molar-refractivity contribution in [3.63, 3.8) is 0 Å². The van der Waals surface area contributed by atoms with Gasteiger partial charge in [0, 0.05) is 5.69 Å². The minimum absolute atomic E-state index is 0.136. The maximum absolute atomic E-state index is 13.5. The Morgan fingerprint density at radius 1 is 1.09 bits per heavy atom. The van der Waals surface area contributed by atoms with Crippen LogP contribution < -0.4 is 9.64 Å². The van der Waals surface area contributed by atoms with Crippen molar-refractivity contribution in [1.82, 2.24) is 0 Å². The molecule has 3 aromatic rings. The van der Waals surface area contributed by atoms with Gasteiger partial charge in [0.25, 0.3) is 11.7 Å². The van der Waals surface area contributed by atoms with Crippen LogP contribution in [0.1, 0.15) is 43.7 Å². The van der Waals surface area contributed by atoms with Gasteiger partial charge in [0.15, 0.2) is 0 Å². The van der Waals surface area contributed by atoms with Gasteiger partial charge < -0.3 is 14.3 Å². The number of aliphatic hydroxyl groups is 1. The molecule has 1 atom stereocenters. The lowest BCUT2D eigenvalue weighted by molar-refractivity contribution is -0.132. The van der Waals surface area contributed by atoms with E-state index < -0.39 is 23.5 Å². The highest BCUT2D eigenvalue weighted by Gasteiger charge is 2.48. The zero-order valence-electron chi connectivity index (χ0n) is 18.8. The van der Waals surface area contributed by atoms with E-state index in [0.717, 1.165) is 5.56 Å². The Balaban J connectivity index is 1.96. The normalized spacial score (nSPS) is 18.1. The topological polar surface area (TPSA) is 80.0 Å². The van der Waals surface area contributed by atoms with E-state index in [9.17, 15) is 19.1 Å². The SMILES string of the molecule is COc1ccc(C(C)(C)C)cc1/C(O)=C1\C(=O)C(=O)N(c2ccc(F)cc2)C1c1ccco1. The fourth-order valence-corrected chi connectivity index (χ4v) is 3.92. The molecule has 1 amide bonds. The van der Waals surface area contributed by atoms with Gasteiger partial charge in [-0.1, -0.05) is 26.8 Å². The van der Waals surface area contributed by atoms with Gasteiger partial charge in [-0.05, 0) is 59.5 Å². The predicted molar refractivity (Wildman–Crippen MR) is 122 cm³/mol. The minimum atomic E-state index is -1.03. The van der Waals surface area contributed by atoms with Gasteiger partial charge in [0.05, 0.1) is 24.5 Å². The Kier molecular flexibility index (Phi) is 5.57. The highest BCUT2D eigenvalue weighted by Crippen LogP contribution is 2.44. The maximum atomic E-state index is 13.5. The molecule has 1 N–H and O–H groups in total. The molecule has 0 aliphatic carbocycles. The van der Waals surface area contributed by atoms with E-state index in [1.807, 2.05) is 26.8 Å². The largest absolute Gasteiger partial charge is 0.507 e. The van der Waals surface area contributed by atoms with Gasteiger partial charge in [-0.3, -0.25) is 14.5 Å². The minimum Gasteiger partial charge on any atom is -0.507 e. The Labute approximate surface area is 190 Å². The number of ketones is 1. The molecule has 1 saturated heterocycles. The third kappa shape index (κ3) is 3.91. The van der Waals surface area contributed by atoms with Crippen molar-refractivity contribution in [3.05, 3.63) is 89.1 Å². The lowest BCUT2D eigenvalue weighted by Gasteiger charge is -2.24. The first-order valence-electron chi connectivity index (χ1n) is 10.4. The van der Waals surface area contributed by atoms with Crippen LogP contribution >= 0.6 is 0 Å². The third-order valence-electron chi connectivity index (χ3n) is 5.68. The molecule has 4 rings (SSSR count). The summed E-state index contributed by atoms with van der Waals surface area (Å²) in [5, 5.41) is 11.4. The van der Waals surface area contributed by atoms with Crippen molar-refractivity contribution >= 4 is 23.1 Å². The molecular formula is C26H24FNO5. The standard InChI is InChI=1S/C26H24FNO5/c1-26(2,3)15-7-12-19(32-4)18(14-15)23(29)21-22(20-6-5-13-33-20)28(25(31)24(21)30)17-10-8-16(27)9-11-17/h5-14,22,29H,1-4H3/b23-21+. The lowest BCUT2D eigenvalue weighted by Crippen LogP contribution is -2.29. The summed E-state index contributed by atoms with van der Waals surface area (Å²) in [7, 11) is 1.46. The molecule has 2 heterocycles. The molecule has 0 bridgehead atoms. The molecule has 0 spiro atoms. The summed E-state index contributed by atoms with van der Waals surface area (Å²) < 4.78 is 24.5. The number of aliphatic hydroxyl groups excluding tert-OH is 1. The molecule has 170 valence electrons. The van der Waals surface area contributed by atoms with Crippen molar-refractivity contribution < 1.29 is 28.2 Å². The Bertz CT molecular complexity index is 1240. The number of hydrogen-bond acceptors (Lipinski definition) is 5. The summed E-state index contributed by atoms with van der Waals surface area (Å²) in [6.07, 6.45) is 1.42. The molecule has 1 fully saturated rings. The molecule has 33 heavy (non-hydrogen) atoms. The summed E-state index contributed by atoms with van der Waals surface area (Å²) in [6.45, 7) is 6.07. The second-order valence-electron chi connectivity index (χ2n) is 8.83. The van der Waals surface area contributed by atoms with Gasteiger partial charge in [-0.25, -0.2) is 4.39 Å². The van der Waals surface area contributed by atoms with Gasteiger partial charge in [-0.15, -0.1) is 0 Å². The Hall–Kier alpha value is -3.87. The molecule has 7 heteroatoms. The van der Waals surface area contributed by atoms with Gasteiger partial charge in [0.2, 0.25) is 0 Å². The molecule has 1 aliphatic rings.